The predicted molar refractivity (Wildman–Crippen MR) is 108 cm³/mol. The largest absolute Gasteiger partial charge is 0.324 e. The zero-order valence-electron chi connectivity index (χ0n) is 15.3. The maximum atomic E-state index is 13.3. The molecule has 1 aliphatic heterocycles. The van der Waals surface area contributed by atoms with E-state index in [1.165, 1.54) is 0 Å². The van der Waals surface area contributed by atoms with E-state index < -0.39 is 6.04 Å². The molecular formula is C22H19ClN3O2+. The van der Waals surface area contributed by atoms with Gasteiger partial charge in [-0.3, -0.25) is 14.5 Å². The van der Waals surface area contributed by atoms with Gasteiger partial charge >= 0.3 is 0 Å². The molecule has 0 radical (unpaired) electrons. The summed E-state index contributed by atoms with van der Waals surface area (Å²) in [6.45, 7) is 2.17. The monoisotopic (exact) mass is 392 g/mol. The molecule has 4 rings (SSSR count). The van der Waals surface area contributed by atoms with E-state index in [2.05, 4.69) is 5.32 Å². The van der Waals surface area contributed by atoms with Crippen LogP contribution in [-0.4, -0.2) is 11.8 Å². The number of hydrogen-bond acceptors (Lipinski definition) is 2. The lowest BCUT2D eigenvalue weighted by atomic mass is 10.0. The number of pyridine rings is 1. The van der Waals surface area contributed by atoms with Crippen molar-refractivity contribution in [2.75, 3.05) is 10.2 Å². The summed E-state index contributed by atoms with van der Waals surface area (Å²) >= 11 is 5.93. The van der Waals surface area contributed by atoms with Crippen molar-refractivity contribution >= 4 is 34.8 Å². The fourth-order valence-corrected chi connectivity index (χ4v) is 3.50. The highest BCUT2D eigenvalue weighted by Crippen LogP contribution is 2.30. The minimum absolute atomic E-state index is 0.135. The molecule has 0 bridgehead atoms. The number of rotatable bonds is 3. The van der Waals surface area contributed by atoms with Crippen LogP contribution < -0.4 is 14.8 Å². The fraction of sp³-hybridized carbons (Fsp3) is 0.136. The van der Waals surface area contributed by atoms with Crippen LogP contribution in [0.15, 0.2) is 72.9 Å². The molecule has 0 saturated carbocycles. The Kier molecular flexibility index (Phi) is 4.84. The van der Waals surface area contributed by atoms with Gasteiger partial charge in [-0.05, 0) is 43.3 Å². The van der Waals surface area contributed by atoms with E-state index in [1.54, 1.807) is 29.2 Å². The second-order valence-electron chi connectivity index (χ2n) is 6.75. The number of carbonyl (C=O) groups is 2. The van der Waals surface area contributed by atoms with Crippen molar-refractivity contribution in [1.82, 2.24) is 0 Å². The van der Waals surface area contributed by atoms with Crippen molar-refractivity contribution in [2.24, 2.45) is 0 Å². The highest BCUT2D eigenvalue weighted by Gasteiger charge is 2.43. The molecule has 1 atom stereocenters. The summed E-state index contributed by atoms with van der Waals surface area (Å²) < 4.78 is 1.82. The minimum Gasteiger partial charge on any atom is -0.324 e. The Labute approximate surface area is 168 Å². The van der Waals surface area contributed by atoms with E-state index in [-0.39, 0.29) is 18.4 Å². The van der Waals surface area contributed by atoms with Crippen LogP contribution in [0.2, 0.25) is 5.02 Å². The number of amides is 2. The standard InChI is InChI=1S/C22H18ClN3O2/c1-15-5-11-18(12-6-15)26-20(27)14-25-13-3-2-4-19(25)21(26)22(28)24-17-9-7-16(23)8-10-17/h2-13,21H,14H2,1H3/p+1/t21-/m0/s1. The summed E-state index contributed by atoms with van der Waals surface area (Å²) in [6, 6.07) is 19.3. The summed E-state index contributed by atoms with van der Waals surface area (Å²) in [5.74, 6) is -0.417. The highest BCUT2D eigenvalue weighted by atomic mass is 35.5. The summed E-state index contributed by atoms with van der Waals surface area (Å²) in [5.41, 5.74) is 3.17. The molecule has 0 fully saturated rings. The van der Waals surface area contributed by atoms with Crippen LogP contribution in [-0.2, 0) is 16.1 Å². The average Bonchev–Trinajstić information content (AvgIpc) is 2.69. The molecule has 1 N–H and O–H groups in total. The molecular weight excluding hydrogens is 374 g/mol. The topological polar surface area (TPSA) is 53.3 Å². The number of halogens is 1. The lowest BCUT2D eigenvalue weighted by Crippen LogP contribution is -2.58. The molecule has 0 aliphatic carbocycles. The second-order valence-corrected chi connectivity index (χ2v) is 7.19. The average molecular weight is 393 g/mol. The van der Waals surface area contributed by atoms with Gasteiger partial charge in [0.1, 0.15) is 0 Å². The number of carbonyl (C=O) groups excluding carboxylic acids is 2. The Balaban J connectivity index is 1.75. The lowest BCUT2D eigenvalue weighted by molar-refractivity contribution is -0.695. The van der Waals surface area contributed by atoms with Gasteiger partial charge in [0.25, 0.3) is 11.8 Å². The molecule has 2 heterocycles. The van der Waals surface area contributed by atoms with Gasteiger partial charge in [-0.2, -0.15) is 4.57 Å². The van der Waals surface area contributed by atoms with E-state index in [9.17, 15) is 9.59 Å². The molecule has 1 aromatic heterocycles. The zero-order chi connectivity index (χ0) is 19.7. The maximum Gasteiger partial charge on any atom is 0.294 e. The summed E-state index contributed by atoms with van der Waals surface area (Å²) in [5, 5.41) is 3.50. The van der Waals surface area contributed by atoms with E-state index in [4.69, 9.17) is 11.6 Å². The Morgan fingerprint density at radius 1 is 1.07 bits per heavy atom. The number of hydrogen-bond donors (Lipinski definition) is 1. The van der Waals surface area contributed by atoms with Gasteiger partial charge in [-0.1, -0.05) is 35.4 Å². The highest BCUT2D eigenvalue weighted by molar-refractivity contribution is 6.30. The number of anilines is 2. The predicted octanol–water partition coefficient (Wildman–Crippen LogP) is 3.66. The molecule has 0 saturated heterocycles. The van der Waals surface area contributed by atoms with Gasteiger partial charge in [-0.15, -0.1) is 0 Å². The van der Waals surface area contributed by atoms with Crippen LogP contribution >= 0.6 is 11.6 Å². The van der Waals surface area contributed by atoms with Gasteiger partial charge in [-0.25, -0.2) is 0 Å². The van der Waals surface area contributed by atoms with Crippen molar-refractivity contribution in [2.45, 2.75) is 19.5 Å². The zero-order valence-corrected chi connectivity index (χ0v) is 16.1. The molecule has 0 unspecified atom stereocenters. The summed E-state index contributed by atoms with van der Waals surface area (Å²) in [4.78, 5) is 27.8. The van der Waals surface area contributed by atoms with Crippen molar-refractivity contribution in [3.63, 3.8) is 0 Å². The number of nitrogens with one attached hydrogen (secondary N) is 1. The molecule has 6 heteroatoms. The van der Waals surface area contributed by atoms with Gasteiger partial charge in [0.2, 0.25) is 18.3 Å². The molecule has 140 valence electrons. The van der Waals surface area contributed by atoms with Crippen molar-refractivity contribution < 1.29 is 14.2 Å². The Morgan fingerprint density at radius 3 is 2.50 bits per heavy atom. The molecule has 3 aromatic rings. The van der Waals surface area contributed by atoms with Crippen LogP contribution in [0.4, 0.5) is 11.4 Å². The lowest BCUT2D eigenvalue weighted by Gasteiger charge is -2.32. The van der Waals surface area contributed by atoms with E-state index in [1.807, 2.05) is 60.2 Å². The third-order valence-corrected chi connectivity index (χ3v) is 5.01. The van der Waals surface area contributed by atoms with Gasteiger partial charge in [0.05, 0.1) is 0 Å². The first-order chi connectivity index (χ1) is 13.5. The van der Waals surface area contributed by atoms with Crippen molar-refractivity contribution in [3.8, 4) is 0 Å². The molecule has 1 aliphatic rings. The van der Waals surface area contributed by atoms with Crippen LogP contribution in [0.3, 0.4) is 0 Å². The van der Waals surface area contributed by atoms with Crippen LogP contribution in [0.1, 0.15) is 17.3 Å². The first-order valence-corrected chi connectivity index (χ1v) is 9.34. The fourth-order valence-electron chi connectivity index (χ4n) is 3.37. The molecule has 2 amide bonds. The quantitative estimate of drug-likeness (QED) is 0.691. The first-order valence-electron chi connectivity index (χ1n) is 8.96. The minimum atomic E-state index is -0.777. The Bertz CT molecular complexity index is 1030. The summed E-state index contributed by atoms with van der Waals surface area (Å²) in [7, 11) is 0. The second kappa shape index (κ2) is 7.44. The van der Waals surface area contributed by atoms with E-state index >= 15 is 0 Å². The molecule has 5 nitrogen and oxygen atoms in total. The third kappa shape index (κ3) is 3.49. The van der Waals surface area contributed by atoms with Gasteiger partial charge < -0.3 is 5.32 Å². The van der Waals surface area contributed by atoms with E-state index in [0.29, 0.717) is 16.4 Å². The number of nitrogens with zero attached hydrogens (tertiary/aromatic N) is 2. The number of benzene rings is 2. The van der Waals surface area contributed by atoms with Crippen molar-refractivity contribution in [1.29, 1.82) is 0 Å². The maximum absolute atomic E-state index is 13.3. The number of aryl methyl sites for hydroxylation is 1. The number of fused-ring (bicyclic) bond motifs is 1. The Hall–Kier alpha value is -3.18. The van der Waals surface area contributed by atoms with Gasteiger partial charge in [0.15, 0.2) is 6.20 Å². The van der Waals surface area contributed by atoms with Crippen LogP contribution in [0.25, 0.3) is 0 Å². The Morgan fingerprint density at radius 2 is 1.79 bits per heavy atom. The normalized spacial score (nSPS) is 15.9. The number of aromatic nitrogens is 1. The summed E-state index contributed by atoms with van der Waals surface area (Å²) in [6.07, 6.45) is 1.82. The van der Waals surface area contributed by atoms with Crippen molar-refractivity contribution in [3.05, 3.63) is 89.2 Å². The smallest absolute Gasteiger partial charge is 0.294 e. The molecule has 2 aromatic carbocycles. The van der Waals surface area contributed by atoms with E-state index in [0.717, 1.165) is 11.3 Å². The molecule has 0 spiro atoms. The van der Waals surface area contributed by atoms with Crippen LogP contribution in [0.5, 0.6) is 0 Å². The van der Waals surface area contributed by atoms with Crippen LogP contribution in [0, 0.1) is 6.92 Å². The van der Waals surface area contributed by atoms with Gasteiger partial charge in [0, 0.05) is 28.5 Å². The third-order valence-electron chi connectivity index (χ3n) is 4.76. The SMILES string of the molecule is Cc1ccc(N2C(=O)C[n+]3ccccc3[C@H]2C(=O)Nc2ccc(Cl)cc2)cc1. The molecule has 28 heavy (non-hydrogen) atoms. The first kappa shape index (κ1) is 18.2.